The molecule has 1 amide bonds. The van der Waals surface area contributed by atoms with Gasteiger partial charge in [-0.3, -0.25) is 24.4 Å². The quantitative estimate of drug-likeness (QED) is 0.304. The molecule has 0 atom stereocenters. The maximum atomic E-state index is 12.9. The maximum absolute atomic E-state index is 12.9. The van der Waals surface area contributed by atoms with Crippen LogP contribution in [0.2, 0.25) is 0 Å². The normalized spacial score (nSPS) is 11.0. The highest BCUT2D eigenvalue weighted by Gasteiger charge is 2.20. The Bertz CT molecular complexity index is 1260. The van der Waals surface area contributed by atoms with E-state index in [1.54, 1.807) is 49.0 Å². The molecule has 0 aliphatic rings. The van der Waals surface area contributed by atoms with Crippen molar-refractivity contribution in [3.8, 4) is 11.8 Å². The van der Waals surface area contributed by atoms with E-state index in [0.29, 0.717) is 16.9 Å². The standard InChI is InChI=1S/C21H17N5O4/c1-14-19(21(28)25(24(14)2)17-8-4-3-5-9-17)23-20(27)16(13-22)11-15-7-6-10-18(12-15)26(29)30/h3-12H,1-2H3,(H,23,27). The van der Waals surface area contributed by atoms with E-state index in [0.717, 1.165) is 0 Å². The second-order valence-corrected chi connectivity index (χ2v) is 6.41. The molecule has 0 bridgehead atoms. The van der Waals surface area contributed by atoms with Crippen molar-refractivity contribution in [2.24, 2.45) is 7.05 Å². The molecule has 150 valence electrons. The average molecular weight is 403 g/mol. The van der Waals surface area contributed by atoms with E-state index in [2.05, 4.69) is 5.32 Å². The van der Waals surface area contributed by atoms with Gasteiger partial charge < -0.3 is 5.32 Å². The number of nitro groups is 1. The molecule has 3 rings (SSSR count). The zero-order chi connectivity index (χ0) is 21.8. The summed E-state index contributed by atoms with van der Waals surface area (Å²) in [5.74, 6) is -0.782. The lowest BCUT2D eigenvalue weighted by atomic mass is 10.1. The van der Waals surface area contributed by atoms with Crippen molar-refractivity contribution in [1.82, 2.24) is 9.36 Å². The topological polar surface area (TPSA) is 123 Å². The van der Waals surface area contributed by atoms with Crippen LogP contribution in [0, 0.1) is 28.4 Å². The first-order chi connectivity index (χ1) is 14.3. The molecule has 1 heterocycles. The van der Waals surface area contributed by atoms with E-state index in [4.69, 9.17) is 0 Å². The third kappa shape index (κ3) is 3.88. The Morgan fingerprint density at radius 3 is 2.53 bits per heavy atom. The molecule has 9 nitrogen and oxygen atoms in total. The largest absolute Gasteiger partial charge is 0.315 e. The molecule has 0 aliphatic heterocycles. The van der Waals surface area contributed by atoms with E-state index >= 15 is 0 Å². The van der Waals surface area contributed by atoms with Gasteiger partial charge in [-0.1, -0.05) is 30.3 Å². The maximum Gasteiger partial charge on any atom is 0.295 e. The predicted molar refractivity (Wildman–Crippen MR) is 111 cm³/mol. The number of nitrogens with zero attached hydrogens (tertiary/aromatic N) is 4. The zero-order valence-corrected chi connectivity index (χ0v) is 16.2. The Morgan fingerprint density at radius 2 is 1.90 bits per heavy atom. The van der Waals surface area contributed by atoms with E-state index in [9.17, 15) is 25.0 Å². The third-order valence-corrected chi connectivity index (χ3v) is 4.55. The molecule has 9 heteroatoms. The van der Waals surface area contributed by atoms with Gasteiger partial charge in [-0.05, 0) is 30.7 Å². The Kier molecular flexibility index (Phi) is 5.60. The Morgan fingerprint density at radius 1 is 1.20 bits per heavy atom. The fraction of sp³-hybridized carbons (Fsp3) is 0.0952. The highest BCUT2D eigenvalue weighted by molar-refractivity contribution is 6.09. The van der Waals surface area contributed by atoms with Crippen molar-refractivity contribution in [2.75, 3.05) is 5.32 Å². The number of carbonyl (C=O) groups excluding carboxylic acids is 1. The first kappa shape index (κ1) is 20.3. The highest BCUT2D eigenvalue weighted by Crippen LogP contribution is 2.18. The molecule has 3 aromatic rings. The van der Waals surface area contributed by atoms with Gasteiger partial charge in [0.15, 0.2) is 0 Å². The number of para-hydroxylation sites is 1. The first-order valence-corrected chi connectivity index (χ1v) is 8.85. The van der Waals surface area contributed by atoms with Crippen LogP contribution >= 0.6 is 0 Å². The van der Waals surface area contributed by atoms with Crippen LogP contribution in [0.25, 0.3) is 11.8 Å². The van der Waals surface area contributed by atoms with Crippen LogP contribution in [0.5, 0.6) is 0 Å². The molecular weight excluding hydrogens is 386 g/mol. The van der Waals surface area contributed by atoms with Crippen molar-refractivity contribution >= 4 is 23.4 Å². The molecule has 1 N–H and O–H groups in total. The molecular formula is C21H17N5O4. The molecule has 0 unspecified atom stereocenters. The lowest BCUT2D eigenvalue weighted by Crippen LogP contribution is -2.23. The van der Waals surface area contributed by atoms with Crippen LogP contribution in [-0.2, 0) is 11.8 Å². The van der Waals surface area contributed by atoms with Gasteiger partial charge in [0.25, 0.3) is 17.2 Å². The second kappa shape index (κ2) is 8.28. The van der Waals surface area contributed by atoms with Gasteiger partial charge in [-0.25, -0.2) is 4.68 Å². The summed E-state index contributed by atoms with van der Waals surface area (Å²) >= 11 is 0. The summed E-state index contributed by atoms with van der Waals surface area (Å²) in [6.45, 7) is 1.67. The number of aromatic nitrogens is 2. The lowest BCUT2D eigenvalue weighted by Gasteiger charge is -2.07. The first-order valence-electron chi connectivity index (χ1n) is 8.85. The van der Waals surface area contributed by atoms with Gasteiger partial charge in [-0.15, -0.1) is 0 Å². The van der Waals surface area contributed by atoms with E-state index < -0.39 is 16.4 Å². The third-order valence-electron chi connectivity index (χ3n) is 4.55. The summed E-state index contributed by atoms with van der Waals surface area (Å²) in [5.41, 5.74) is 0.609. The summed E-state index contributed by atoms with van der Waals surface area (Å²) in [7, 11) is 1.68. The van der Waals surface area contributed by atoms with E-state index in [1.165, 1.54) is 35.0 Å². The van der Waals surface area contributed by atoms with Crippen LogP contribution in [0.4, 0.5) is 11.4 Å². The summed E-state index contributed by atoms with van der Waals surface area (Å²) in [6, 6.07) is 16.2. The lowest BCUT2D eigenvalue weighted by molar-refractivity contribution is -0.384. The highest BCUT2D eigenvalue weighted by atomic mass is 16.6. The minimum absolute atomic E-state index is 0.0477. The van der Waals surface area contributed by atoms with Crippen LogP contribution in [0.1, 0.15) is 11.3 Å². The molecule has 0 aliphatic carbocycles. The summed E-state index contributed by atoms with van der Waals surface area (Å²) in [5, 5.41) is 22.8. The average Bonchev–Trinajstić information content (AvgIpc) is 2.95. The SMILES string of the molecule is Cc1c(NC(=O)C(C#N)=Cc2cccc([N+](=O)[O-])c2)c(=O)n(-c2ccccc2)n1C. The van der Waals surface area contributed by atoms with Crippen molar-refractivity contribution in [3.63, 3.8) is 0 Å². The minimum Gasteiger partial charge on any atom is -0.315 e. The number of rotatable bonds is 5. The van der Waals surface area contributed by atoms with Crippen LogP contribution < -0.4 is 10.9 Å². The molecule has 0 saturated carbocycles. The molecule has 0 saturated heterocycles. The number of carbonyl (C=O) groups is 1. The van der Waals surface area contributed by atoms with Crippen LogP contribution in [0.3, 0.4) is 0 Å². The summed E-state index contributed by atoms with van der Waals surface area (Å²) in [6.07, 6.45) is 1.23. The Hall–Kier alpha value is -4.45. The molecule has 0 radical (unpaired) electrons. The molecule has 0 spiro atoms. The Labute approximate surface area is 171 Å². The van der Waals surface area contributed by atoms with Crippen molar-refractivity contribution < 1.29 is 9.72 Å². The zero-order valence-electron chi connectivity index (χ0n) is 16.2. The van der Waals surface area contributed by atoms with Crippen molar-refractivity contribution in [1.29, 1.82) is 5.26 Å². The van der Waals surface area contributed by atoms with Crippen molar-refractivity contribution in [3.05, 3.63) is 91.9 Å². The van der Waals surface area contributed by atoms with Crippen molar-refractivity contribution in [2.45, 2.75) is 6.92 Å². The van der Waals surface area contributed by atoms with Gasteiger partial charge >= 0.3 is 0 Å². The number of nitriles is 1. The van der Waals surface area contributed by atoms with Gasteiger partial charge in [0.05, 0.1) is 16.3 Å². The monoisotopic (exact) mass is 403 g/mol. The van der Waals surface area contributed by atoms with Crippen LogP contribution in [-0.4, -0.2) is 20.2 Å². The van der Waals surface area contributed by atoms with E-state index in [-0.39, 0.29) is 16.9 Å². The predicted octanol–water partition coefficient (Wildman–Crippen LogP) is 2.94. The number of nitrogens with one attached hydrogen (secondary N) is 1. The van der Waals surface area contributed by atoms with Gasteiger partial charge in [0.2, 0.25) is 0 Å². The van der Waals surface area contributed by atoms with Crippen LogP contribution in [0.15, 0.2) is 65.0 Å². The fourth-order valence-electron chi connectivity index (χ4n) is 2.94. The number of hydrogen-bond donors (Lipinski definition) is 1. The molecule has 1 aromatic heterocycles. The number of benzene rings is 2. The molecule has 0 fully saturated rings. The number of nitro benzene ring substituents is 1. The van der Waals surface area contributed by atoms with E-state index in [1.807, 2.05) is 6.07 Å². The van der Waals surface area contributed by atoms with Gasteiger partial charge in [-0.2, -0.15) is 5.26 Å². The molecule has 2 aromatic carbocycles. The minimum atomic E-state index is -0.782. The van der Waals surface area contributed by atoms with Gasteiger partial charge in [0, 0.05) is 19.2 Å². The fourth-order valence-corrected chi connectivity index (χ4v) is 2.94. The number of hydrogen-bond acceptors (Lipinski definition) is 5. The number of amides is 1. The Balaban J connectivity index is 1.96. The van der Waals surface area contributed by atoms with Gasteiger partial charge in [0.1, 0.15) is 17.3 Å². The second-order valence-electron chi connectivity index (χ2n) is 6.41. The molecule has 30 heavy (non-hydrogen) atoms. The number of non-ortho nitro benzene ring substituents is 1. The summed E-state index contributed by atoms with van der Waals surface area (Å²) < 4.78 is 3.00. The smallest absolute Gasteiger partial charge is 0.295 e. The summed E-state index contributed by atoms with van der Waals surface area (Å²) in [4.78, 5) is 35.9. The number of anilines is 1.